The van der Waals surface area contributed by atoms with Crippen LogP contribution in [0.25, 0.3) is 0 Å². The van der Waals surface area contributed by atoms with Gasteiger partial charge in [-0.05, 0) is 22.0 Å². The van der Waals surface area contributed by atoms with Gasteiger partial charge in [-0.15, -0.1) is 0 Å². The van der Waals surface area contributed by atoms with E-state index in [4.69, 9.17) is 9.47 Å². The first-order valence-electron chi connectivity index (χ1n) is 8.30. The van der Waals surface area contributed by atoms with Gasteiger partial charge in [0, 0.05) is 38.3 Å². The lowest BCUT2D eigenvalue weighted by atomic mass is 10.1. The predicted molar refractivity (Wildman–Crippen MR) is 97.5 cm³/mol. The zero-order chi connectivity index (χ0) is 17.2. The highest BCUT2D eigenvalue weighted by atomic mass is 79.9. The van der Waals surface area contributed by atoms with Crippen LogP contribution in [0.3, 0.4) is 0 Å². The average molecular weight is 407 g/mol. The van der Waals surface area contributed by atoms with E-state index in [1.165, 1.54) is 0 Å². The number of nitrogens with one attached hydrogen (secondary N) is 1. The van der Waals surface area contributed by atoms with E-state index >= 15 is 0 Å². The fraction of sp³-hybridized carbons (Fsp3) is 0.412. The van der Waals surface area contributed by atoms with Crippen LogP contribution in [0.4, 0.5) is 5.69 Å². The topological polar surface area (TPSA) is 70.7 Å². The van der Waals surface area contributed by atoms with Crippen LogP contribution in [0.2, 0.25) is 0 Å². The third-order valence-electron chi connectivity index (χ3n) is 4.53. The molecule has 0 atom stereocenters. The summed E-state index contributed by atoms with van der Waals surface area (Å²) in [5, 5.41) is 6.34. The van der Waals surface area contributed by atoms with E-state index in [1.807, 2.05) is 12.1 Å². The zero-order valence-electron chi connectivity index (χ0n) is 13.7. The van der Waals surface area contributed by atoms with Gasteiger partial charge in [-0.2, -0.15) is 5.10 Å². The summed E-state index contributed by atoms with van der Waals surface area (Å²) in [5.41, 5.74) is 1.80. The minimum Gasteiger partial charge on any atom is -0.486 e. The molecule has 2 aliphatic rings. The second-order valence-electron chi connectivity index (χ2n) is 6.10. The smallest absolute Gasteiger partial charge is 0.280 e. The molecule has 2 aromatic rings. The third kappa shape index (κ3) is 3.36. The maximum atomic E-state index is 11.7. The summed E-state index contributed by atoms with van der Waals surface area (Å²) in [4.78, 5) is 16.3. The molecule has 1 N–H and O–H groups in total. The lowest BCUT2D eigenvalue weighted by Crippen LogP contribution is -2.46. The van der Waals surface area contributed by atoms with E-state index < -0.39 is 0 Å². The van der Waals surface area contributed by atoms with E-state index in [-0.39, 0.29) is 5.56 Å². The SMILES string of the molecule is O=c1[nH]ncc(N2CCN(Cc3cccc4c3OCCO4)CC2)c1Br. The molecule has 0 spiro atoms. The normalized spacial score (nSPS) is 17.6. The number of H-pyrrole nitrogens is 1. The van der Waals surface area contributed by atoms with Gasteiger partial charge in [-0.25, -0.2) is 5.10 Å². The molecular formula is C17H19BrN4O3. The van der Waals surface area contributed by atoms with Gasteiger partial charge in [0.1, 0.15) is 17.7 Å². The standard InChI is InChI=1S/C17H19BrN4O3/c18-15-13(10-19-20-17(15)23)22-6-4-21(5-7-22)11-12-2-1-3-14-16(12)25-9-8-24-14/h1-3,10H,4-9,11H2,(H,20,23). The first kappa shape index (κ1) is 16.4. The summed E-state index contributed by atoms with van der Waals surface area (Å²) >= 11 is 3.36. The number of hydrogen-bond acceptors (Lipinski definition) is 6. The number of rotatable bonds is 3. The van der Waals surface area contributed by atoms with Crippen molar-refractivity contribution in [3.05, 3.63) is 44.8 Å². The van der Waals surface area contributed by atoms with Crippen molar-refractivity contribution < 1.29 is 9.47 Å². The second kappa shape index (κ2) is 7.05. The van der Waals surface area contributed by atoms with E-state index in [2.05, 4.69) is 42.0 Å². The van der Waals surface area contributed by atoms with Crippen LogP contribution in [0.15, 0.2) is 33.7 Å². The van der Waals surface area contributed by atoms with Gasteiger partial charge in [-0.1, -0.05) is 12.1 Å². The summed E-state index contributed by atoms with van der Waals surface area (Å²) in [5.74, 6) is 1.71. The van der Waals surface area contributed by atoms with Crippen molar-refractivity contribution in [2.75, 3.05) is 44.3 Å². The van der Waals surface area contributed by atoms with Gasteiger partial charge in [0.25, 0.3) is 5.56 Å². The molecule has 4 rings (SSSR count). The summed E-state index contributed by atoms with van der Waals surface area (Å²) in [6.07, 6.45) is 1.69. The number of benzene rings is 1. The number of ether oxygens (including phenoxy) is 2. The van der Waals surface area contributed by atoms with Crippen LogP contribution in [-0.2, 0) is 6.54 Å². The van der Waals surface area contributed by atoms with Crippen LogP contribution in [0.1, 0.15) is 5.56 Å². The molecule has 132 valence electrons. The Bertz CT molecular complexity index is 818. The number of para-hydroxylation sites is 1. The number of anilines is 1. The molecule has 0 saturated carbocycles. The molecule has 7 nitrogen and oxygen atoms in total. The fourth-order valence-corrected chi connectivity index (χ4v) is 3.68. The largest absolute Gasteiger partial charge is 0.486 e. The van der Waals surface area contributed by atoms with Gasteiger partial charge in [0.05, 0.1) is 11.9 Å². The molecule has 1 aromatic carbocycles. The molecule has 25 heavy (non-hydrogen) atoms. The quantitative estimate of drug-likeness (QED) is 0.834. The zero-order valence-corrected chi connectivity index (χ0v) is 15.3. The molecule has 1 saturated heterocycles. The Hall–Kier alpha value is -2.06. The van der Waals surface area contributed by atoms with Gasteiger partial charge in [-0.3, -0.25) is 9.69 Å². The van der Waals surface area contributed by atoms with Crippen LogP contribution in [-0.4, -0.2) is 54.5 Å². The molecule has 0 amide bonds. The Morgan fingerprint density at radius 1 is 1.16 bits per heavy atom. The predicted octanol–water partition coefficient (Wildman–Crippen LogP) is 1.63. The van der Waals surface area contributed by atoms with Crippen LogP contribution < -0.4 is 19.9 Å². The number of halogens is 1. The van der Waals surface area contributed by atoms with Crippen molar-refractivity contribution in [1.29, 1.82) is 0 Å². The number of aromatic nitrogens is 2. The molecule has 0 bridgehead atoms. The van der Waals surface area contributed by atoms with Crippen molar-refractivity contribution in [3.63, 3.8) is 0 Å². The lowest BCUT2D eigenvalue weighted by molar-refractivity contribution is 0.166. The van der Waals surface area contributed by atoms with E-state index in [9.17, 15) is 4.79 Å². The number of hydrogen-bond donors (Lipinski definition) is 1. The number of nitrogens with zero attached hydrogens (tertiary/aromatic N) is 3. The van der Waals surface area contributed by atoms with Crippen LogP contribution in [0.5, 0.6) is 11.5 Å². The molecular weight excluding hydrogens is 388 g/mol. The summed E-state index contributed by atoms with van der Waals surface area (Å²) in [6.45, 7) is 5.53. The Kier molecular flexibility index (Phi) is 4.63. The maximum absolute atomic E-state index is 11.7. The first-order chi connectivity index (χ1) is 12.2. The fourth-order valence-electron chi connectivity index (χ4n) is 3.24. The van der Waals surface area contributed by atoms with Crippen molar-refractivity contribution in [1.82, 2.24) is 15.1 Å². The molecule has 8 heteroatoms. The highest BCUT2D eigenvalue weighted by molar-refractivity contribution is 9.10. The molecule has 1 fully saturated rings. The summed E-state index contributed by atoms with van der Waals surface area (Å²) < 4.78 is 12.0. The van der Waals surface area contributed by atoms with Crippen LogP contribution >= 0.6 is 15.9 Å². The molecule has 1 aromatic heterocycles. The van der Waals surface area contributed by atoms with Crippen molar-refractivity contribution in [2.45, 2.75) is 6.54 Å². The monoisotopic (exact) mass is 406 g/mol. The van der Waals surface area contributed by atoms with Crippen molar-refractivity contribution in [2.24, 2.45) is 0 Å². The van der Waals surface area contributed by atoms with Crippen molar-refractivity contribution in [3.8, 4) is 11.5 Å². The third-order valence-corrected chi connectivity index (χ3v) is 5.30. The van der Waals surface area contributed by atoms with E-state index in [0.29, 0.717) is 17.7 Å². The van der Waals surface area contributed by atoms with E-state index in [0.717, 1.165) is 55.5 Å². The average Bonchev–Trinajstić information content (AvgIpc) is 2.65. The Morgan fingerprint density at radius 3 is 2.80 bits per heavy atom. The minimum atomic E-state index is -0.201. The van der Waals surface area contributed by atoms with Gasteiger partial charge < -0.3 is 14.4 Å². The number of piperazine rings is 1. The van der Waals surface area contributed by atoms with Gasteiger partial charge >= 0.3 is 0 Å². The van der Waals surface area contributed by atoms with Gasteiger partial charge in [0.2, 0.25) is 0 Å². The summed E-state index contributed by atoms with van der Waals surface area (Å²) in [7, 11) is 0. The molecule has 0 unspecified atom stereocenters. The molecule has 2 aliphatic heterocycles. The second-order valence-corrected chi connectivity index (χ2v) is 6.90. The Morgan fingerprint density at radius 2 is 1.96 bits per heavy atom. The molecule has 0 radical (unpaired) electrons. The number of aromatic amines is 1. The van der Waals surface area contributed by atoms with Gasteiger partial charge in [0.15, 0.2) is 11.5 Å². The van der Waals surface area contributed by atoms with Crippen LogP contribution in [0, 0.1) is 0 Å². The summed E-state index contributed by atoms with van der Waals surface area (Å²) in [6, 6.07) is 6.06. The Balaban J connectivity index is 1.43. The first-order valence-corrected chi connectivity index (χ1v) is 9.09. The number of fused-ring (bicyclic) bond motifs is 1. The van der Waals surface area contributed by atoms with E-state index in [1.54, 1.807) is 6.20 Å². The Labute approximate surface area is 153 Å². The lowest BCUT2D eigenvalue weighted by Gasteiger charge is -2.36. The molecule has 0 aliphatic carbocycles. The maximum Gasteiger partial charge on any atom is 0.280 e. The molecule has 3 heterocycles. The van der Waals surface area contributed by atoms with Crippen molar-refractivity contribution >= 4 is 21.6 Å². The minimum absolute atomic E-state index is 0.201. The highest BCUT2D eigenvalue weighted by Gasteiger charge is 2.22. The highest BCUT2D eigenvalue weighted by Crippen LogP contribution is 2.34.